The number of carbonyl (C=O) groups is 1. The Hall–Kier alpha value is -4.02. The highest BCUT2D eigenvalue weighted by Crippen LogP contribution is 2.39. The Morgan fingerprint density at radius 2 is 1.60 bits per heavy atom. The average Bonchev–Trinajstić information content (AvgIpc) is 3.23. The second-order valence-electron chi connectivity index (χ2n) is 8.65. The minimum atomic E-state index is -0.397. The predicted octanol–water partition coefficient (Wildman–Crippen LogP) is 5.84. The highest BCUT2D eigenvalue weighted by Gasteiger charge is 2.18. The number of hydrogen-bond donors (Lipinski definition) is 2. The second-order valence-corrected chi connectivity index (χ2v) is 9.65. The number of carbonyl (C=O) groups excluding carboxylic acids is 1. The van der Waals surface area contributed by atoms with Crippen LogP contribution in [-0.4, -0.2) is 15.9 Å². The number of benzene rings is 2. The van der Waals surface area contributed by atoms with Crippen LogP contribution in [0.25, 0.3) is 21.7 Å². The molecule has 2 aromatic carbocycles. The summed E-state index contributed by atoms with van der Waals surface area (Å²) in [5.74, 6) is -0.173. The van der Waals surface area contributed by atoms with Crippen LogP contribution in [0.3, 0.4) is 0 Å². The Balaban J connectivity index is 1.59. The molecule has 0 aliphatic carbocycles. The summed E-state index contributed by atoms with van der Waals surface area (Å²) in [7, 11) is 0. The molecule has 2 N–H and O–H groups in total. The molecule has 0 spiro atoms. The van der Waals surface area contributed by atoms with Gasteiger partial charge in [-0.15, -0.1) is 0 Å². The second kappa shape index (κ2) is 10.1. The third-order valence-corrected chi connectivity index (χ3v) is 7.05. The summed E-state index contributed by atoms with van der Waals surface area (Å²) < 4.78 is 0. The third kappa shape index (κ3) is 5.23. The van der Waals surface area contributed by atoms with Gasteiger partial charge < -0.3 is 10.3 Å². The van der Waals surface area contributed by atoms with Crippen LogP contribution in [-0.2, 0) is 11.2 Å². The van der Waals surface area contributed by atoms with E-state index in [-0.39, 0.29) is 17.9 Å². The van der Waals surface area contributed by atoms with E-state index >= 15 is 0 Å². The summed E-state index contributed by atoms with van der Waals surface area (Å²) in [4.78, 5) is 33.3. The summed E-state index contributed by atoms with van der Waals surface area (Å²) in [5, 5.41) is 12.8. The van der Waals surface area contributed by atoms with E-state index in [4.69, 9.17) is 4.98 Å². The van der Waals surface area contributed by atoms with Crippen LogP contribution in [0.1, 0.15) is 39.9 Å². The summed E-state index contributed by atoms with van der Waals surface area (Å²) in [6, 6.07) is 18.4. The number of aryl methyl sites for hydroxylation is 3. The van der Waals surface area contributed by atoms with Crippen molar-refractivity contribution in [3.63, 3.8) is 0 Å². The first-order valence-corrected chi connectivity index (χ1v) is 12.2. The van der Waals surface area contributed by atoms with E-state index < -0.39 is 5.56 Å². The lowest BCUT2D eigenvalue weighted by Crippen LogP contribution is -2.18. The molecule has 2 heterocycles. The zero-order valence-electron chi connectivity index (χ0n) is 20.2. The van der Waals surface area contributed by atoms with Crippen molar-refractivity contribution in [3.05, 3.63) is 92.4 Å². The largest absolute Gasteiger partial charge is 0.325 e. The van der Waals surface area contributed by atoms with Crippen LogP contribution in [0.5, 0.6) is 0 Å². The van der Waals surface area contributed by atoms with Crippen molar-refractivity contribution in [2.45, 2.75) is 40.5 Å². The first-order valence-electron chi connectivity index (χ1n) is 11.3. The molecule has 0 atom stereocenters. The van der Waals surface area contributed by atoms with Crippen molar-refractivity contribution in [1.29, 1.82) is 5.26 Å². The minimum absolute atomic E-state index is 0.0939. The first-order chi connectivity index (χ1) is 16.8. The SMILES string of the molecule is Cc1ccc(-c2nc(NC(=O)CCc3c(C)[nH]c(=O)c(C#N)c3C)sc2-c2ccc(C)cc2)cc1. The van der Waals surface area contributed by atoms with E-state index in [1.54, 1.807) is 13.8 Å². The summed E-state index contributed by atoms with van der Waals surface area (Å²) in [5.41, 5.74) is 7.03. The maximum Gasteiger partial charge on any atom is 0.266 e. The lowest BCUT2D eigenvalue weighted by molar-refractivity contribution is -0.116. The van der Waals surface area contributed by atoms with E-state index in [1.165, 1.54) is 22.5 Å². The van der Waals surface area contributed by atoms with Crippen molar-refractivity contribution in [1.82, 2.24) is 9.97 Å². The van der Waals surface area contributed by atoms with E-state index in [1.807, 2.05) is 32.0 Å². The number of pyridine rings is 1. The van der Waals surface area contributed by atoms with Gasteiger partial charge in [0.15, 0.2) is 5.13 Å². The normalized spacial score (nSPS) is 10.7. The monoisotopic (exact) mass is 482 g/mol. The van der Waals surface area contributed by atoms with Gasteiger partial charge in [0.25, 0.3) is 5.56 Å². The van der Waals surface area contributed by atoms with Gasteiger partial charge in [-0.3, -0.25) is 9.59 Å². The fourth-order valence-corrected chi connectivity index (χ4v) is 5.03. The Morgan fingerprint density at radius 3 is 2.20 bits per heavy atom. The molecule has 6 nitrogen and oxygen atoms in total. The zero-order chi connectivity index (χ0) is 25.1. The van der Waals surface area contributed by atoms with Gasteiger partial charge in [0.05, 0.1) is 10.6 Å². The number of aromatic amines is 1. The number of nitrogens with zero attached hydrogens (tertiary/aromatic N) is 2. The molecule has 4 rings (SSSR count). The standard InChI is InChI=1S/C28H26N4O2S/c1-16-5-9-20(10-6-16)25-26(21-11-7-17(2)8-12-21)35-28(32-25)31-24(33)14-13-22-18(3)23(15-29)27(34)30-19(22)4/h5-12H,13-14H2,1-4H3,(H,30,34)(H,31,32,33). The van der Waals surface area contributed by atoms with Crippen LogP contribution < -0.4 is 10.9 Å². The zero-order valence-corrected chi connectivity index (χ0v) is 21.0. The van der Waals surface area contributed by atoms with Gasteiger partial charge in [-0.25, -0.2) is 4.98 Å². The highest BCUT2D eigenvalue weighted by atomic mass is 32.1. The summed E-state index contributed by atoms with van der Waals surface area (Å²) in [6.07, 6.45) is 0.619. The molecule has 0 aliphatic heterocycles. The molecule has 0 radical (unpaired) electrons. The number of amides is 1. The van der Waals surface area contributed by atoms with Gasteiger partial charge in [-0.05, 0) is 50.8 Å². The molecule has 1 amide bonds. The number of nitriles is 1. The molecule has 0 bridgehead atoms. The molecule has 0 saturated heterocycles. The van der Waals surface area contributed by atoms with Gasteiger partial charge in [0, 0.05) is 17.7 Å². The fraction of sp³-hybridized carbons (Fsp3) is 0.214. The Morgan fingerprint density at radius 1 is 1.00 bits per heavy atom. The lowest BCUT2D eigenvalue weighted by atomic mass is 9.99. The predicted molar refractivity (Wildman–Crippen MR) is 141 cm³/mol. The third-order valence-electron chi connectivity index (χ3n) is 6.03. The van der Waals surface area contributed by atoms with Gasteiger partial charge in [-0.1, -0.05) is 71.0 Å². The Bertz CT molecular complexity index is 1430. The van der Waals surface area contributed by atoms with Gasteiger partial charge >= 0.3 is 0 Å². The number of anilines is 1. The number of nitrogens with one attached hydrogen (secondary N) is 2. The van der Waals surface area contributed by atoms with Gasteiger partial charge in [0.1, 0.15) is 11.6 Å². The molecule has 0 saturated carbocycles. The number of thiazole rings is 1. The van der Waals surface area contributed by atoms with Crippen LogP contribution in [0.2, 0.25) is 0 Å². The quantitative estimate of drug-likeness (QED) is 0.360. The minimum Gasteiger partial charge on any atom is -0.325 e. The average molecular weight is 483 g/mol. The molecular formula is C28H26N4O2S. The van der Waals surface area contributed by atoms with Crippen LogP contribution >= 0.6 is 11.3 Å². The van der Waals surface area contributed by atoms with Gasteiger partial charge in [0.2, 0.25) is 5.91 Å². The molecule has 2 aromatic heterocycles. The van der Waals surface area contributed by atoms with Crippen LogP contribution in [0.15, 0.2) is 53.3 Å². The number of hydrogen-bond acceptors (Lipinski definition) is 5. The van der Waals surface area contributed by atoms with E-state index in [0.29, 0.717) is 22.8 Å². The topological polar surface area (TPSA) is 98.6 Å². The Labute approximate surface area is 208 Å². The maximum absolute atomic E-state index is 12.8. The molecular weight excluding hydrogens is 456 g/mol. The van der Waals surface area contributed by atoms with Crippen LogP contribution in [0, 0.1) is 39.0 Å². The maximum atomic E-state index is 12.8. The highest BCUT2D eigenvalue weighted by molar-refractivity contribution is 7.19. The fourth-order valence-electron chi connectivity index (χ4n) is 4.02. The molecule has 0 fully saturated rings. The van der Waals surface area contributed by atoms with Gasteiger partial charge in [-0.2, -0.15) is 5.26 Å². The van der Waals surface area contributed by atoms with Crippen molar-refractivity contribution in [2.75, 3.05) is 5.32 Å². The Kier molecular flexibility index (Phi) is 6.94. The lowest BCUT2D eigenvalue weighted by Gasteiger charge is -2.10. The molecule has 7 heteroatoms. The summed E-state index contributed by atoms with van der Waals surface area (Å²) in [6.45, 7) is 7.62. The van der Waals surface area contributed by atoms with Crippen molar-refractivity contribution in [3.8, 4) is 27.8 Å². The number of H-pyrrole nitrogens is 1. The van der Waals surface area contributed by atoms with E-state index in [2.05, 4.69) is 46.7 Å². The molecule has 176 valence electrons. The number of aromatic nitrogens is 2. The molecule has 0 unspecified atom stereocenters. The van der Waals surface area contributed by atoms with Crippen molar-refractivity contribution >= 4 is 22.4 Å². The first kappa shape index (κ1) is 24.1. The smallest absolute Gasteiger partial charge is 0.266 e. The van der Waals surface area contributed by atoms with E-state index in [9.17, 15) is 14.9 Å². The summed E-state index contributed by atoms with van der Waals surface area (Å²) >= 11 is 1.45. The van der Waals surface area contributed by atoms with Crippen molar-refractivity contribution in [2.24, 2.45) is 0 Å². The molecule has 0 aliphatic rings. The number of rotatable bonds is 6. The molecule has 4 aromatic rings. The van der Waals surface area contributed by atoms with Crippen molar-refractivity contribution < 1.29 is 4.79 Å². The van der Waals surface area contributed by atoms with Crippen LogP contribution in [0.4, 0.5) is 5.13 Å². The van der Waals surface area contributed by atoms with E-state index in [0.717, 1.165) is 27.3 Å². The molecule has 35 heavy (non-hydrogen) atoms.